The number of anilines is 1. The number of rotatable bonds is 3. The van der Waals surface area contributed by atoms with Gasteiger partial charge in [-0.2, -0.15) is 4.31 Å². The van der Waals surface area contributed by atoms with Crippen LogP contribution in [-0.2, 0) is 10.0 Å². The normalized spacial score (nSPS) is 21.8. The van der Waals surface area contributed by atoms with E-state index in [9.17, 15) is 8.42 Å². The molecule has 3 N–H and O–H groups in total. The second-order valence-electron chi connectivity index (χ2n) is 4.12. The maximum absolute atomic E-state index is 12.2. The molecule has 7 heteroatoms. The Labute approximate surface area is 100 Å². The zero-order valence-electron chi connectivity index (χ0n) is 9.28. The van der Waals surface area contributed by atoms with E-state index < -0.39 is 10.0 Å². The first-order valence-electron chi connectivity index (χ1n) is 5.36. The summed E-state index contributed by atoms with van der Waals surface area (Å²) in [6.07, 6.45) is 1.95. The van der Waals surface area contributed by atoms with Gasteiger partial charge >= 0.3 is 0 Å². The highest BCUT2D eigenvalue weighted by Crippen LogP contribution is 2.23. The largest absolute Gasteiger partial charge is 0.396 e. The minimum Gasteiger partial charge on any atom is -0.396 e. The highest BCUT2D eigenvalue weighted by Gasteiger charge is 2.32. The van der Waals surface area contributed by atoms with E-state index >= 15 is 0 Å². The van der Waals surface area contributed by atoms with Crippen LogP contribution in [-0.4, -0.2) is 42.5 Å². The van der Waals surface area contributed by atoms with Crippen LogP contribution in [0.15, 0.2) is 23.2 Å². The van der Waals surface area contributed by atoms with Crippen molar-refractivity contribution in [1.29, 1.82) is 0 Å². The molecule has 1 aromatic heterocycles. The fourth-order valence-corrected chi connectivity index (χ4v) is 3.33. The zero-order chi connectivity index (χ0) is 12.5. The molecule has 2 rings (SSSR count). The molecule has 1 unspecified atom stereocenters. The number of pyridine rings is 1. The zero-order valence-corrected chi connectivity index (χ0v) is 10.1. The summed E-state index contributed by atoms with van der Waals surface area (Å²) in [5, 5.41) is 9.01. The van der Waals surface area contributed by atoms with Crippen LogP contribution in [0.3, 0.4) is 0 Å². The highest BCUT2D eigenvalue weighted by molar-refractivity contribution is 7.89. The molecule has 0 bridgehead atoms. The van der Waals surface area contributed by atoms with Gasteiger partial charge in [0.2, 0.25) is 10.0 Å². The van der Waals surface area contributed by atoms with E-state index in [1.54, 1.807) is 0 Å². The van der Waals surface area contributed by atoms with Crippen molar-refractivity contribution in [3.63, 3.8) is 0 Å². The molecule has 0 spiro atoms. The summed E-state index contributed by atoms with van der Waals surface area (Å²) >= 11 is 0. The van der Waals surface area contributed by atoms with E-state index in [0.29, 0.717) is 25.3 Å². The molecule has 1 aliphatic rings. The molecule has 1 atom stereocenters. The molecule has 17 heavy (non-hydrogen) atoms. The standard InChI is InChI=1S/C10H15N3O3S/c11-10-2-1-9(5-12-10)17(15,16)13-4-3-8(6-13)7-14/h1-2,5,8,14H,3-4,6-7H2,(H2,11,12). The number of aliphatic hydroxyl groups is 1. The maximum atomic E-state index is 12.2. The monoisotopic (exact) mass is 257 g/mol. The van der Waals surface area contributed by atoms with Crippen molar-refractivity contribution in [2.24, 2.45) is 5.92 Å². The van der Waals surface area contributed by atoms with Crippen LogP contribution in [0.1, 0.15) is 6.42 Å². The fraction of sp³-hybridized carbons (Fsp3) is 0.500. The van der Waals surface area contributed by atoms with E-state index in [-0.39, 0.29) is 17.4 Å². The number of nitrogen functional groups attached to an aromatic ring is 1. The predicted octanol–water partition coefficient (Wildman–Crippen LogP) is -0.333. The number of hydrogen-bond donors (Lipinski definition) is 2. The Kier molecular flexibility index (Phi) is 3.32. The molecule has 1 saturated heterocycles. The second-order valence-corrected chi connectivity index (χ2v) is 6.06. The van der Waals surface area contributed by atoms with Crippen LogP contribution in [0.5, 0.6) is 0 Å². The van der Waals surface area contributed by atoms with E-state index in [0.717, 1.165) is 0 Å². The fourth-order valence-electron chi connectivity index (χ4n) is 1.86. The van der Waals surface area contributed by atoms with Crippen LogP contribution in [0, 0.1) is 5.92 Å². The van der Waals surface area contributed by atoms with Gasteiger partial charge in [0.25, 0.3) is 0 Å². The first-order valence-corrected chi connectivity index (χ1v) is 6.80. The lowest BCUT2D eigenvalue weighted by Crippen LogP contribution is -2.29. The Balaban J connectivity index is 2.22. The third-order valence-corrected chi connectivity index (χ3v) is 4.75. The first kappa shape index (κ1) is 12.3. The Morgan fingerprint density at radius 3 is 2.82 bits per heavy atom. The average Bonchev–Trinajstić information content (AvgIpc) is 2.78. The number of aromatic nitrogens is 1. The molecule has 1 aromatic rings. The topological polar surface area (TPSA) is 96.5 Å². The third kappa shape index (κ3) is 2.41. The third-order valence-electron chi connectivity index (χ3n) is 2.90. The van der Waals surface area contributed by atoms with Gasteiger partial charge in [-0.25, -0.2) is 13.4 Å². The summed E-state index contributed by atoms with van der Waals surface area (Å²) in [6, 6.07) is 2.91. The van der Waals surface area contributed by atoms with Crippen molar-refractivity contribution in [3.05, 3.63) is 18.3 Å². The molecule has 0 saturated carbocycles. The van der Waals surface area contributed by atoms with Crippen LogP contribution in [0.25, 0.3) is 0 Å². The molecular formula is C10H15N3O3S. The number of nitrogens with zero attached hydrogens (tertiary/aromatic N) is 2. The lowest BCUT2D eigenvalue weighted by atomic mass is 10.1. The molecule has 1 aliphatic heterocycles. The van der Waals surface area contributed by atoms with Gasteiger partial charge in [-0.05, 0) is 24.5 Å². The van der Waals surface area contributed by atoms with E-state index in [4.69, 9.17) is 10.8 Å². The smallest absolute Gasteiger partial charge is 0.244 e. The summed E-state index contributed by atoms with van der Waals surface area (Å²) in [4.78, 5) is 3.92. The van der Waals surface area contributed by atoms with Crippen molar-refractivity contribution >= 4 is 15.8 Å². The summed E-state index contributed by atoms with van der Waals surface area (Å²) in [5.41, 5.74) is 5.41. The van der Waals surface area contributed by atoms with Gasteiger partial charge in [-0.15, -0.1) is 0 Å². The van der Waals surface area contributed by atoms with Gasteiger partial charge in [0.1, 0.15) is 10.7 Å². The Morgan fingerprint density at radius 1 is 1.53 bits per heavy atom. The van der Waals surface area contributed by atoms with Gasteiger partial charge < -0.3 is 10.8 Å². The van der Waals surface area contributed by atoms with Crippen molar-refractivity contribution in [2.75, 3.05) is 25.4 Å². The van der Waals surface area contributed by atoms with Crippen molar-refractivity contribution in [1.82, 2.24) is 9.29 Å². The minimum absolute atomic E-state index is 0.0198. The molecule has 6 nitrogen and oxygen atoms in total. The molecule has 0 amide bonds. The lowest BCUT2D eigenvalue weighted by molar-refractivity contribution is 0.233. The number of sulfonamides is 1. The first-order chi connectivity index (χ1) is 8.04. The van der Waals surface area contributed by atoms with Gasteiger partial charge in [0.15, 0.2) is 0 Å². The minimum atomic E-state index is -3.49. The summed E-state index contributed by atoms with van der Waals surface area (Å²) in [5.74, 6) is 0.324. The van der Waals surface area contributed by atoms with Crippen molar-refractivity contribution < 1.29 is 13.5 Å². The van der Waals surface area contributed by atoms with Gasteiger partial charge in [0, 0.05) is 25.9 Å². The molecule has 0 radical (unpaired) electrons. The number of hydrogen-bond acceptors (Lipinski definition) is 5. The number of nitrogens with two attached hydrogens (primary N) is 1. The maximum Gasteiger partial charge on any atom is 0.244 e. The van der Waals surface area contributed by atoms with E-state index in [2.05, 4.69) is 4.98 Å². The molecule has 1 fully saturated rings. The summed E-state index contributed by atoms with van der Waals surface area (Å²) < 4.78 is 25.7. The lowest BCUT2D eigenvalue weighted by Gasteiger charge is -2.15. The molecule has 0 aromatic carbocycles. The Bertz CT molecular complexity index is 486. The average molecular weight is 257 g/mol. The predicted molar refractivity (Wildman–Crippen MR) is 62.6 cm³/mol. The summed E-state index contributed by atoms with van der Waals surface area (Å²) in [6.45, 7) is 0.827. The molecule has 94 valence electrons. The van der Waals surface area contributed by atoms with Crippen LogP contribution < -0.4 is 5.73 Å². The van der Waals surface area contributed by atoms with E-state index in [1.165, 1.54) is 22.6 Å². The van der Waals surface area contributed by atoms with Gasteiger partial charge in [-0.3, -0.25) is 0 Å². The van der Waals surface area contributed by atoms with Crippen molar-refractivity contribution in [2.45, 2.75) is 11.3 Å². The van der Waals surface area contributed by atoms with Gasteiger partial charge in [-0.1, -0.05) is 0 Å². The Hall–Kier alpha value is -1.18. The van der Waals surface area contributed by atoms with Crippen molar-refractivity contribution in [3.8, 4) is 0 Å². The van der Waals surface area contributed by atoms with Crippen LogP contribution >= 0.6 is 0 Å². The summed E-state index contributed by atoms with van der Waals surface area (Å²) in [7, 11) is -3.49. The van der Waals surface area contributed by atoms with E-state index in [1.807, 2.05) is 0 Å². The quantitative estimate of drug-likeness (QED) is 0.772. The molecule has 2 heterocycles. The molecular weight excluding hydrogens is 242 g/mol. The highest BCUT2D eigenvalue weighted by atomic mass is 32.2. The SMILES string of the molecule is Nc1ccc(S(=O)(=O)N2CCC(CO)C2)cn1. The second kappa shape index (κ2) is 4.59. The van der Waals surface area contributed by atoms with Crippen LogP contribution in [0.4, 0.5) is 5.82 Å². The Morgan fingerprint density at radius 2 is 2.29 bits per heavy atom. The molecule has 0 aliphatic carbocycles. The number of aliphatic hydroxyl groups excluding tert-OH is 1. The van der Waals surface area contributed by atoms with Crippen LogP contribution in [0.2, 0.25) is 0 Å². The van der Waals surface area contributed by atoms with Gasteiger partial charge in [0.05, 0.1) is 0 Å².